The number of aromatic nitrogens is 4. The van der Waals surface area contributed by atoms with Gasteiger partial charge in [0, 0.05) is 21.9 Å². The molecule has 4 nitrogen and oxygen atoms in total. The van der Waals surface area contributed by atoms with Crippen molar-refractivity contribution < 1.29 is 0 Å². The van der Waals surface area contributed by atoms with Crippen molar-refractivity contribution in [2.45, 2.75) is 5.41 Å². The van der Waals surface area contributed by atoms with Crippen molar-refractivity contribution in [2.24, 2.45) is 0 Å². The van der Waals surface area contributed by atoms with Gasteiger partial charge in [-0.15, -0.1) is 0 Å². The predicted molar refractivity (Wildman–Crippen MR) is 227 cm³/mol. The van der Waals surface area contributed by atoms with Crippen LogP contribution in [0, 0.1) is 0 Å². The van der Waals surface area contributed by atoms with Gasteiger partial charge in [-0.05, 0) is 73.8 Å². The van der Waals surface area contributed by atoms with Crippen molar-refractivity contribution in [3.05, 3.63) is 216 Å². The first-order chi connectivity index (χ1) is 27.8. The van der Waals surface area contributed by atoms with Gasteiger partial charge >= 0.3 is 0 Å². The number of rotatable bonds is 4. The van der Waals surface area contributed by atoms with E-state index in [0.717, 1.165) is 33.1 Å². The highest BCUT2D eigenvalue weighted by Gasteiger charge is 2.51. The summed E-state index contributed by atoms with van der Waals surface area (Å²) in [6.07, 6.45) is 0. The summed E-state index contributed by atoms with van der Waals surface area (Å²) in [5.41, 5.74) is 16.3. The van der Waals surface area contributed by atoms with Crippen LogP contribution in [0.4, 0.5) is 0 Å². The highest BCUT2D eigenvalue weighted by Crippen LogP contribution is 2.63. The lowest BCUT2D eigenvalue weighted by molar-refractivity contribution is 0.795. The zero-order chi connectivity index (χ0) is 36.8. The zero-order valence-electron chi connectivity index (χ0n) is 30.3. The van der Waals surface area contributed by atoms with Crippen LogP contribution in [-0.2, 0) is 5.41 Å². The number of fused-ring (bicyclic) bond motifs is 13. The lowest BCUT2D eigenvalue weighted by atomic mass is 9.70. The van der Waals surface area contributed by atoms with Gasteiger partial charge in [-0.25, -0.2) is 4.98 Å². The van der Waals surface area contributed by atoms with E-state index in [-0.39, 0.29) is 0 Å². The van der Waals surface area contributed by atoms with Crippen LogP contribution in [0.5, 0.6) is 0 Å². The lowest BCUT2D eigenvalue weighted by Gasteiger charge is -2.30. The van der Waals surface area contributed by atoms with Crippen LogP contribution < -0.4 is 0 Å². The molecule has 0 unspecified atom stereocenters. The molecule has 0 bridgehead atoms. The Bertz CT molecular complexity index is 3130. The number of nitrogens with zero attached hydrogens (tertiary/aromatic N) is 4. The van der Waals surface area contributed by atoms with Gasteiger partial charge in [0.1, 0.15) is 0 Å². The van der Waals surface area contributed by atoms with Crippen molar-refractivity contribution in [3.63, 3.8) is 0 Å². The highest BCUT2D eigenvalue weighted by atomic mass is 15.2. The highest BCUT2D eigenvalue weighted by molar-refractivity contribution is 6.12. The molecule has 260 valence electrons. The fourth-order valence-electron chi connectivity index (χ4n) is 9.52. The van der Waals surface area contributed by atoms with Gasteiger partial charge in [-0.1, -0.05) is 176 Å². The van der Waals surface area contributed by atoms with Crippen LogP contribution >= 0.6 is 0 Å². The molecule has 2 heterocycles. The second-order valence-electron chi connectivity index (χ2n) is 14.7. The lowest BCUT2D eigenvalue weighted by Crippen LogP contribution is -2.25. The molecule has 2 aromatic heterocycles. The van der Waals surface area contributed by atoms with Gasteiger partial charge in [0.2, 0.25) is 5.95 Å². The SMILES string of the molecule is c1ccc(-c2ccc(-c3nc(-c4ccccc4)nc(-n4c5ccccc5c5cc6c(cc54)-c4ccccc4C64c5ccccc5-c5ccccc54)n3)cc2)cc1. The Hall–Kier alpha value is -7.43. The summed E-state index contributed by atoms with van der Waals surface area (Å²) in [6.45, 7) is 0. The van der Waals surface area contributed by atoms with Gasteiger partial charge in [0.25, 0.3) is 0 Å². The van der Waals surface area contributed by atoms with Crippen LogP contribution in [-0.4, -0.2) is 19.5 Å². The molecule has 0 fully saturated rings. The molecule has 8 aromatic carbocycles. The second kappa shape index (κ2) is 11.8. The van der Waals surface area contributed by atoms with Crippen molar-refractivity contribution in [1.82, 2.24) is 19.5 Å². The third kappa shape index (κ3) is 4.27. The first kappa shape index (κ1) is 31.0. The van der Waals surface area contributed by atoms with Gasteiger partial charge in [-0.2, -0.15) is 9.97 Å². The van der Waals surface area contributed by atoms with Crippen molar-refractivity contribution in [1.29, 1.82) is 0 Å². The normalized spacial score (nSPS) is 13.1. The number of benzene rings is 8. The van der Waals surface area contributed by atoms with Gasteiger partial charge in [-0.3, -0.25) is 4.57 Å². The fraction of sp³-hybridized carbons (Fsp3) is 0.0192. The van der Waals surface area contributed by atoms with E-state index in [1.54, 1.807) is 0 Å². The summed E-state index contributed by atoms with van der Waals surface area (Å²) in [4.78, 5) is 15.6. The molecule has 10 aromatic rings. The molecule has 0 N–H and O–H groups in total. The molecule has 0 radical (unpaired) electrons. The van der Waals surface area contributed by atoms with E-state index in [4.69, 9.17) is 15.0 Å². The first-order valence-electron chi connectivity index (χ1n) is 19.1. The number of para-hydroxylation sites is 1. The van der Waals surface area contributed by atoms with Crippen LogP contribution in [0.2, 0.25) is 0 Å². The summed E-state index contributed by atoms with van der Waals surface area (Å²) < 4.78 is 2.24. The van der Waals surface area contributed by atoms with E-state index in [1.807, 2.05) is 24.3 Å². The van der Waals surface area contributed by atoms with Crippen molar-refractivity contribution >= 4 is 21.8 Å². The minimum Gasteiger partial charge on any atom is -0.278 e. The first-order valence-corrected chi connectivity index (χ1v) is 19.1. The summed E-state index contributed by atoms with van der Waals surface area (Å²) in [5, 5.41) is 2.33. The average Bonchev–Trinajstić information content (AvgIpc) is 3.87. The molecule has 0 aliphatic heterocycles. The molecule has 1 spiro atoms. The maximum atomic E-state index is 5.28. The molecule has 56 heavy (non-hydrogen) atoms. The van der Waals surface area contributed by atoms with Crippen LogP contribution in [0.15, 0.2) is 194 Å². The smallest absolute Gasteiger partial charge is 0.238 e. The number of hydrogen-bond donors (Lipinski definition) is 0. The van der Waals surface area contributed by atoms with E-state index < -0.39 is 5.41 Å². The molecular weight excluding hydrogens is 681 g/mol. The molecule has 0 saturated heterocycles. The van der Waals surface area contributed by atoms with Crippen molar-refractivity contribution in [2.75, 3.05) is 0 Å². The Balaban J connectivity index is 1.13. The third-order valence-electron chi connectivity index (χ3n) is 11.9. The quantitative estimate of drug-likeness (QED) is 0.182. The standard InChI is InChI=1S/C52H32N4/c1-3-15-33(16-4-1)34-27-29-36(30-28-34)50-53-49(35-17-5-2-6-18-35)54-51(55-50)56-47-26-14-10-22-40(47)42-31-46-41(32-48(42)56)39-21-9-13-25-45(39)52(46)43-23-11-7-19-37(43)38-20-8-12-24-44(38)52/h1-32H. The molecule has 4 heteroatoms. The van der Waals surface area contributed by atoms with Crippen molar-refractivity contribution in [3.8, 4) is 62.1 Å². The van der Waals surface area contributed by atoms with Crippen LogP contribution in [0.3, 0.4) is 0 Å². The second-order valence-corrected chi connectivity index (χ2v) is 14.7. The van der Waals surface area contributed by atoms with E-state index in [0.29, 0.717) is 17.6 Å². The molecule has 0 saturated carbocycles. The van der Waals surface area contributed by atoms with E-state index in [1.165, 1.54) is 55.5 Å². The molecule has 12 rings (SSSR count). The summed E-state index contributed by atoms with van der Waals surface area (Å²) >= 11 is 0. The third-order valence-corrected chi connectivity index (χ3v) is 11.9. The van der Waals surface area contributed by atoms with Crippen LogP contribution in [0.1, 0.15) is 22.3 Å². The van der Waals surface area contributed by atoms with Gasteiger partial charge in [0.15, 0.2) is 11.6 Å². The Labute approximate surface area is 324 Å². The Morgan fingerprint density at radius 2 is 0.786 bits per heavy atom. The maximum absolute atomic E-state index is 5.28. The summed E-state index contributed by atoms with van der Waals surface area (Å²) in [7, 11) is 0. The molecule has 0 amide bonds. The monoisotopic (exact) mass is 712 g/mol. The van der Waals surface area contributed by atoms with E-state index in [9.17, 15) is 0 Å². The molecular formula is C52H32N4. The molecule has 0 atom stereocenters. The minimum absolute atomic E-state index is 0.427. The molecule has 2 aliphatic carbocycles. The fourth-order valence-corrected chi connectivity index (χ4v) is 9.52. The summed E-state index contributed by atoms with van der Waals surface area (Å²) in [5.74, 6) is 1.85. The topological polar surface area (TPSA) is 43.6 Å². The predicted octanol–water partition coefficient (Wildman–Crippen LogP) is 12.3. The van der Waals surface area contributed by atoms with Gasteiger partial charge in [0.05, 0.1) is 16.4 Å². The van der Waals surface area contributed by atoms with E-state index >= 15 is 0 Å². The maximum Gasteiger partial charge on any atom is 0.238 e. The zero-order valence-corrected chi connectivity index (χ0v) is 30.3. The largest absolute Gasteiger partial charge is 0.278 e. The molecule has 2 aliphatic rings. The number of hydrogen-bond acceptors (Lipinski definition) is 3. The average molecular weight is 713 g/mol. The summed E-state index contributed by atoms with van der Waals surface area (Å²) in [6, 6.07) is 69.6. The van der Waals surface area contributed by atoms with E-state index in [2.05, 4.69) is 174 Å². The minimum atomic E-state index is -0.427. The van der Waals surface area contributed by atoms with Crippen LogP contribution in [0.25, 0.3) is 83.9 Å². The Kier molecular flexibility index (Phi) is 6.52. The Morgan fingerprint density at radius 1 is 0.321 bits per heavy atom. The van der Waals surface area contributed by atoms with Gasteiger partial charge < -0.3 is 0 Å². The Morgan fingerprint density at radius 3 is 1.41 bits per heavy atom.